The van der Waals surface area contributed by atoms with Gasteiger partial charge in [0.1, 0.15) is 12.4 Å². The number of rotatable bonds is 5. The van der Waals surface area contributed by atoms with Crippen molar-refractivity contribution in [3.63, 3.8) is 0 Å². The molecule has 0 saturated heterocycles. The lowest BCUT2D eigenvalue weighted by molar-refractivity contribution is 0.328. The van der Waals surface area contributed by atoms with E-state index in [4.69, 9.17) is 10.5 Å². The van der Waals surface area contributed by atoms with Gasteiger partial charge < -0.3 is 15.8 Å². The summed E-state index contributed by atoms with van der Waals surface area (Å²) in [4.78, 5) is 0. The molecule has 1 heterocycles. The minimum atomic E-state index is 0.501. The average molecular weight is 244 g/mol. The number of benzene rings is 1. The molecule has 0 unspecified atom stereocenters. The monoisotopic (exact) mass is 244 g/mol. The Labute approximate surface area is 106 Å². The van der Waals surface area contributed by atoms with Crippen LogP contribution in [0.2, 0.25) is 0 Å². The molecule has 1 aromatic carbocycles. The predicted octanol–water partition coefficient (Wildman–Crippen LogP) is 1.87. The van der Waals surface area contributed by atoms with Crippen molar-refractivity contribution in [3.05, 3.63) is 42.1 Å². The minimum Gasteiger partial charge on any atom is -0.492 e. The second kappa shape index (κ2) is 5.97. The summed E-state index contributed by atoms with van der Waals surface area (Å²) in [6.45, 7) is 2.91. The first-order valence-corrected chi connectivity index (χ1v) is 5.78. The second-order valence-electron chi connectivity index (χ2n) is 3.85. The highest BCUT2D eigenvalue weighted by atomic mass is 16.5. The van der Waals surface area contributed by atoms with Crippen LogP contribution < -0.4 is 15.8 Å². The van der Waals surface area contributed by atoms with Crippen LogP contribution in [-0.2, 0) is 0 Å². The zero-order chi connectivity index (χ0) is 12.8. The van der Waals surface area contributed by atoms with Gasteiger partial charge in [-0.2, -0.15) is 5.10 Å². The van der Waals surface area contributed by atoms with Gasteiger partial charge in [-0.25, -0.2) is 0 Å². The number of nitrogens with one attached hydrogen (secondary N) is 1. The summed E-state index contributed by atoms with van der Waals surface area (Å²) in [6, 6.07) is 11.4. The lowest BCUT2D eigenvalue weighted by atomic mass is 10.3. The van der Waals surface area contributed by atoms with E-state index in [1.807, 2.05) is 43.3 Å². The van der Waals surface area contributed by atoms with Gasteiger partial charge in [0.2, 0.25) is 0 Å². The van der Waals surface area contributed by atoms with E-state index in [2.05, 4.69) is 15.5 Å². The zero-order valence-electron chi connectivity index (χ0n) is 10.3. The van der Waals surface area contributed by atoms with E-state index >= 15 is 0 Å². The Kier molecular flexibility index (Phi) is 4.09. The molecule has 1 aromatic heterocycles. The second-order valence-corrected chi connectivity index (χ2v) is 3.85. The summed E-state index contributed by atoms with van der Waals surface area (Å²) in [6.07, 6.45) is 0. The lowest BCUT2D eigenvalue weighted by Gasteiger charge is -2.08. The van der Waals surface area contributed by atoms with E-state index in [-0.39, 0.29) is 0 Å². The van der Waals surface area contributed by atoms with Crippen LogP contribution in [0.3, 0.4) is 0 Å². The summed E-state index contributed by atoms with van der Waals surface area (Å²) >= 11 is 0. The maximum absolute atomic E-state index is 5.45. The smallest absolute Gasteiger partial charge is 0.153 e. The van der Waals surface area contributed by atoms with Crippen molar-refractivity contribution in [1.82, 2.24) is 10.2 Å². The van der Waals surface area contributed by atoms with Crippen molar-refractivity contribution in [2.45, 2.75) is 6.92 Å². The zero-order valence-corrected chi connectivity index (χ0v) is 10.3. The highest BCUT2D eigenvalue weighted by Crippen LogP contribution is 2.20. The van der Waals surface area contributed by atoms with E-state index in [1.165, 1.54) is 0 Å². The molecule has 0 saturated carbocycles. The Bertz CT molecular complexity index is 499. The molecule has 0 amide bonds. The number of aryl methyl sites for hydroxylation is 1. The summed E-state index contributed by atoms with van der Waals surface area (Å²) in [7, 11) is 0. The average Bonchev–Trinajstić information content (AvgIpc) is 2.40. The van der Waals surface area contributed by atoms with Crippen molar-refractivity contribution >= 4 is 11.5 Å². The number of ether oxygens (including phenoxy) is 1. The normalized spacial score (nSPS) is 10.1. The van der Waals surface area contributed by atoms with E-state index in [0.29, 0.717) is 19.0 Å². The Balaban J connectivity index is 2.06. The maximum atomic E-state index is 5.45. The first-order valence-electron chi connectivity index (χ1n) is 5.78. The summed E-state index contributed by atoms with van der Waals surface area (Å²) in [5.74, 6) is 1.49. The van der Waals surface area contributed by atoms with Crippen LogP contribution in [0.4, 0.5) is 11.5 Å². The molecule has 0 radical (unpaired) electrons. The van der Waals surface area contributed by atoms with E-state index in [9.17, 15) is 0 Å². The summed E-state index contributed by atoms with van der Waals surface area (Å²) < 4.78 is 5.45. The molecular weight excluding hydrogens is 228 g/mol. The van der Waals surface area contributed by atoms with Crippen molar-refractivity contribution < 1.29 is 4.74 Å². The minimum absolute atomic E-state index is 0.501. The topological polar surface area (TPSA) is 73.1 Å². The standard InChI is InChI=1S/C13H16N4O/c1-10-5-6-13(17-16-10)15-11-3-2-4-12(9-11)18-8-7-14/h2-6,9H,7-8,14H2,1H3,(H,15,17). The van der Waals surface area contributed by atoms with E-state index in [1.54, 1.807) is 0 Å². The molecular formula is C13H16N4O. The third-order valence-electron chi connectivity index (χ3n) is 2.29. The molecule has 3 N–H and O–H groups in total. The third kappa shape index (κ3) is 3.43. The van der Waals surface area contributed by atoms with Crippen molar-refractivity contribution in [2.24, 2.45) is 5.73 Å². The number of anilines is 2. The molecule has 0 atom stereocenters. The summed E-state index contributed by atoms with van der Waals surface area (Å²) in [5.41, 5.74) is 7.19. The summed E-state index contributed by atoms with van der Waals surface area (Å²) in [5, 5.41) is 11.2. The first-order chi connectivity index (χ1) is 8.78. The number of nitrogens with zero attached hydrogens (tertiary/aromatic N) is 2. The fourth-order valence-electron chi connectivity index (χ4n) is 1.45. The lowest BCUT2D eigenvalue weighted by Crippen LogP contribution is -2.10. The van der Waals surface area contributed by atoms with Crippen LogP contribution in [-0.4, -0.2) is 23.3 Å². The Hall–Kier alpha value is -2.14. The highest BCUT2D eigenvalue weighted by molar-refractivity contribution is 5.57. The van der Waals surface area contributed by atoms with Crippen LogP contribution in [0.25, 0.3) is 0 Å². The Morgan fingerprint density at radius 1 is 1.22 bits per heavy atom. The number of hydrogen-bond donors (Lipinski definition) is 2. The first kappa shape index (κ1) is 12.3. The van der Waals surface area contributed by atoms with Gasteiger partial charge in [-0.05, 0) is 31.2 Å². The van der Waals surface area contributed by atoms with Gasteiger partial charge >= 0.3 is 0 Å². The number of aromatic nitrogens is 2. The quantitative estimate of drug-likeness (QED) is 0.840. The van der Waals surface area contributed by atoms with E-state index in [0.717, 1.165) is 17.1 Å². The van der Waals surface area contributed by atoms with Gasteiger partial charge in [-0.1, -0.05) is 6.07 Å². The molecule has 94 valence electrons. The Morgan fingerprint density at radius 2 is 2.11 bits per heavy atom. The number of nitrogens with two attached hydrogens (primary N) is 1. The van der Waals surface area contributed by atoms with Crippen LogP contribution in [0.1, 0.15) is 5.69 Å². The maximum Gasteiger partial charge on any atom is 0.153 e. The van der Waals surface area contributed by atoms with Gasteiger partial charge in [-0.3, -0.25) is 0 Å². The molecule has 0 aliphatic rings. The van der Waals surface area contributed by atoms with Crippen LogP contribution in [0.15, 0.2) is 36.4 Å². The van der Waals surface area contributed by atoms with Crippen LogP contribution in [0, 0.1) is 6.92 Å². The van der Waals surface area contributed by atoms with Crippen LogP contribution >= 0.6 is 0 Å². The molecule has 0 aliphatic carbocycles. The van der Waals surface area contributed by atoms with Crippen molar-refractivity contribution in [1.29, 1.82) is 0 Å². The van der Waals surface area contributed by atoms with Gasteiger partial charge in [0.05, 0.1) is 5.69 Å². The Morgan fingerprint density at radius 3 is 2.83 bits per heavy atom. The molecule has 0 bridgehead atoms. The molecule has 2 aromatic rings. The molecule has 5 nitrogen and oxygen atoms in total. The molecule has 0 spiro atoms. The van der Waals surface area contributed by atoms with Crippen molar-refractivity contribution in [2.75, 3.05) is 18.5 Å². The van der Waals surface area contributed by atoms with Crippen molar-refractivity contribution in [3.8, 4) is 5.75 Å². The van der Waals surface area contributed by atoms with Gasteiger partial charge in [-0.15, -0.1) is 5.10 Å². The molecule has 0 fully saturated rings. The fourth-order valence-corrected chi connectivity index (χ4v) is 1.45. The largest absolute Gasteiger partial charge is 0.492 e. The number of hydrogen-bond acceptors (Lipinski definition) is 5. The third-order valence-corrected chi connectivity index (χ3v) is 2.29. The van der Waals surface area contributed by atoms with Crippen LogP contribution in [0.5, 0.6) is 5.75 Å². The van der Waals surface area contributed by atoms with Gasteiger partial charge in [0.15, 0.2) is 5.82 Å². The SMILES string of the molecule is Cc1ccc(Nc2cccc(OCCN)c2)nn1. The molecule has 2 rings (SSSR count). The molecule has 0 aliphatic heterocycles. The fraction of sp³-hybridized carbons (Fsp3) is 0.231. The predicted molar refractivity (Wildman–Crippen MR) is 71.0 cm³/mol. The van der Waals surface area contributed by atoms with E-state index < -0.39 is 0 Å². The molecule has 5 heteroatoms. The highest BCUT2D eigenvalue weighted by Gasteiger charge is 1.99. The van der Waals surface area contributed by atoms with Gasteiger partial charge in [0, 0.05) is 18.3 Å². The molecule has 18 heavy (non-hydrogen) atoms. The van der Waals surface area contributed by atoms with Gasteiger partial charge in [0.25, 0.3) is 0 Å².